The second-order valence-electron chi connectivity index (χ2n) is 7.63. The van der Waals surface area contributed by atoms with Crippen molar-refractivity contribution >= 4 is 17.2 Å². The highest BCUT2D eigenvalue weighted by molar-refractivity contribution is 7.12. The highest BCUT2D eigenvalue weighted by Gasteiger charge is 2.31. The average molecular weight is 348 g/mol. The van der Waals surface area contributed by atoms with Gasteiger partial charge in [-0.2, -0.15) is 0 Å². The average Bonchev–Trinajstić information content (AvgIpc) is 3.31. The zero-order chi connectivity index (χ0) is 16.4. The van der Waals surface area contributed by atoms with Crippen LogP contribution < -0.4 is 0 Å². The number of piperazine rings is 1. The van der Waals surface area contributed by atoms with Crippen molar-refractivity contribution in [2.45, 2.75) is 38.1 Å². The van der Waals surface area contributed by atoms with Crippen LogP contribution >= 0.6 is 11.3 Å². The van der Waals surface area contributed by atoms with E-state index in [2.05, 4.69) is 14.7 Å². The van der Waals surface area contributed by atoms with E-state index < -0.39 is 0 Å². The normalized spacial score (nSPS) is 26.7. The van der Waals surface area contributed by atoms with Gasteiger partial charge in [0.25, 0.3) is 5.91 Å². The van der Waals surface area contributed by atoms with Crippen LogP contribution in [0.5, 0.6) is 0 Å². The minimum Gasteiger partial charge on any atom is -0.338 e. The minimum atomic E-state index is 0.237. The van der Waals surface area contributed by atoms with Gasteiger partial charge in [-0.15, -0.1) is 11.3 Å². The summed E-state index contributed by atoms with van der Waals surface area (Å²) in [6, 6.07) is 4.75. The highest BCUT2D eigenvalue weighted by atomic mass is 32.1. The number of hydrogen-bond acceptors (Lipinski definition) is 4. The van der Waals surface area contributed by atoms with Crippen molar-refractivity contribution in [3.05, 3.63) is 22.4 Å². The fourth-order valence-electron chi connectivity index (χ4n) is 4.60. The molecular formula is C19H29N3OS. The molecule has 1 atom stereocenters. The zero-order valence-electron chi connectivity index (χ0n) is 14.5. The van der Waals surface area contributed by atoms with E-state index in [0.29, 0.717) is 0 Å². The summed E-state index contributed by atoms with van der Waals surface area (Å²) in [5.74, 6) is 1.04. The summed E-state index contributed by atoms with van der Waals surface area (Å²) in [7, 11) is 0. The number of amides is 1. The van der Waals surface area contributed by atoms with Gasteiger partial charge in [-0.25, -0.2) is 0 Å². The summed E-state index contributed by atoms with van der Waals surface area (Å²) >= 11 is 1.56. The number of fused-ring (bicyclic) bond motifs is 1. The highest BCUT2D eigenvalue weighted by Crippen LogP contribution is 2.25. The molecule has 1 aromatic heterocycles. The summed E-state index contributed by atoms with van der Waals surface area (Å²) in [6.07, 6.45) is 6.48. The molecular weight excluding hydrogens is 318 g/mol. The molecule has 0 saturated carbocycles. The van der Waals surface area contributed by atoms with Gasteiger partial charge in [-0.3, -0.25) is 9.69 Å². The summed E-state index contributed by atoms with van der Waals surface area (Å²) < 4.78 is 0. The fourth-order valence-corrected chi connectivity index (χ4v) is 5.30. The molecule has 4 nitrogen and oxygen atoms in total. The van der Waals surface area contributed by atoms with Gasteiger partial charge in [0.2, 0.25) is 0 Å². The maximum absolute atomic E-state index is 12.4. The van der Waals surface area contributed by atoms with Crippen molar-refractivity contribution in [3.8, 4) is 0 Å². The molecule has 3 aliphatic rings. The predicted molar refractivity (Wildman–Crippen MR) is 98.6 cm³/mol. The predicted octanol–water partition coefficient (Wildman–Crippen LogP) is 2.77. The van der Waals surface area contributed by atoms with Crippen molar-refractivity contribution in [1.29, 1.82) is 0 Å². The van der Waals surface area contributed by atoms with E-state index in [1.807, 2.05) is 17.5 Å². The first kappa shape index (κ1) is 16.6. The number of piperidine rings is 1. The largest absolute Gasteiger partial charge is 0.338 e. The maximum Gasteiger partial charge on any atom is 0.263 e. The molecule has 3 fully saturated rings. The second-order valence-corrected chi connectivity index (χ2v) is 8.58. The van der Waals surface area contributed by atoms with Crippen LogP contribution in [0, 0.1) is 5.92 Å². The Labute approximate surface area is 149 Å². The molecule has 0 aromatic carbocycles. The van der Waals surface area contributed by atoms with Crippen molar-refractivity contribution in [2.75, 3.05) is 45.8 Å². The van der Waals surface area contributed by atoms with Gasteiger partial charge in [0.1, 0.15) is 0 Å². The molecule has 132 valence electrons. The number of likely N-dealkylation sites (tertiary alicyclic amines) is 1. The van der Waals surface area contributed by atoms with Crippen molar-refractivity contribution in [2.24, 2.45) is 5.92 Å². The quantitative estimate of drug-likeness (QED) is 0.838. The number of carbonyl (C=O) groups is 1. The number of hydrogen-bond donors (Lipinski definition) is 0. The summed E-state index contributed by atoms with van der Waals surface area (Å²) in [5.41, 5.74) is 0. The van der Waals surface area contributed by atoms with Gasteiger partial charge in [0.05, 0.1) is 4.88 Å². The molecule has 24 heavy (non-hydrogen) atoms. The van der Waals surface area contributed by atoms with Crippen molar-refractivity contribution < 1.29 is 4.79 Å². The van der Waals surface area contributed by atoms with Gasteiger partial charge in [-0.05, 0) is 62.6 Å². The van der Waals surface area contributed by atoms with Gasteiger partial charge >= 0.3 is 0 Å². The lowest BCUT2D eigenvalue weighted by Gasteiger charge is -2.38. The molecule has 3 aliphatic heterocycles. The van der Waals surface area contributed by atoms with E-state index in [4.69, 9.17) is 0 Å². The smallest absolute Gasteiger partial charge is 0.263 e. The fraction of sp³-hybridized carbons (Fsp3) is 0.737. The standard InChI is InChI=1S/C19H29N3OS/c23-19(18-4-2-14-24-18)22-10-6-16(7-11-22)5-9-20-12-13-21-8-1-3-17(21)15-20/h2,4,14,16-17H,1,3,5-13,15H2. The Kier molecular flexibility index (Phi) is 5.20. The molecule has 3 saturated heterocycles. The maximum atomic E-state index is 12.4. The van der Waals surface area contributed by atoms with E-state index in [1.54, 1.807) is 11.3 Å². The third kappa shape index (κ3) is 3.68. The Morgan fingerprint density at radius 1 is 1.12 bits per heavy atom. The molecule has 0 bridgehead atoms. The van der Waals surface area contributed by atoms with Crippen LogP contribution in [0.2, 0.25) is 0 Å². The Bertz CT molecular complexity index is 539. The number of thiophene rings is 1. The van der Waals surface area contributed by atoms with Crippen molar-refractivity contribution in [1.82, 2.24) is 14.7 Å². The van der Waals surface area contributed by atoms with Crippen LogP contribution in [0.15, 0.2) is 17.5 Å². The molecule has 4 heterocycles. The van der Waals surface area contributed by atoms with Crippen LogP contribution in [0.4, 0.5) is 0 Å². The Morgan fingerprint density at radius 2 is 2.00 bits per heavy atom. The van der Waals surface area contributed by atoms with E-state index in [0.717, 1.165) is 29.9 Å². The summed E-state index contributed by atoms with van der Waals surface area (Å²) in [5, 5.41) is 1.99. The molecule has 4 rings (SSSR count). The third-order valence-electron chi connectivity index (χ3n) is 6.16. The first-order valence-corrected chi connectivity index (χ1v) is 10.5. The van der Waals surface area contributed by atoms with Crippen LogP contribution in [-0.4, -0.2) is 72.5 Å². The zero-order valence-corrected chi connectivity index (χ0v) is 15.3. The van der Waals surface area contributed by atoms with Gasteiger partial charge in [0.15, 0.2) is 0 Å². The van der Waals surface area contributed by atoms with E-state index in [9.17, 15) is 4.79 Å². The molecule has 1 unspecified atom stereocenters. The number of carbonyl (C=O) groups excluding carboxylic acids is 1. The molecule has 0 N–H and O–H groups in total. The molecule has 5 heteroatoms. The Balaban J connectivity index is 1.19. The minimum absolute atomic E-state index is 0.237. The molecule has 0 radical (unpaired) electrons. The lowest BCUT2D eigenvalue weighted by atomic mass is 9.93. The van der Waals surface area contributed by atoms with E-state index in [1.165, 1.54) is 64.8 Å². The third-order valence-corrected chi connectivity index (χ3v) is 7.02. The van der Waals surface area contributed by atoms with Crippen molar-refractivity contribution in [3.63, 3.8) is 0 Å². The molecule has 0 spiro atoms. The second kappa shape index (κ2) is 7.54. The molecule has 0 aliphatic carbocycles. The summed E-state index contributed by atoms with van der Waals surface area (Å²) in [6.45, 7) is 8.29. The van der Waals surface area contributed by atoms with Gasteiger partial charge in [0, 0.05) is 38.8 Å². The molecule has 1 aromatic rings. The van der Waals surface area contributed by atoms with Gasteiger partial charge < -0.3 is 9.80 Å². The summed E-state index contributed by atoms with van der Waals surface area (Å²) in [4.78, 5) is 20.7. The monoisotopic (exact) mass is 347 g/mol. The van der Waals surface area contributed by atoms with Crippen LogP contribution in [0.1, 0.15) is 41.8 Å². The lowest BCUT2D eigenvalue weighted by Crippen LogP contribution is -2.50. The first-order chi connectivity index (χ1) is 11.8. The van der Waals surface area contributed by atoms with E-state index >= 15 is 0 Å². The SMILES string of the molecule is O=C(c1cccs1)N1CCC(CCN2CCN3CCCC3C2)CC1. The Morgan fingerprint density at radius 3 is 2.79 bits per heavy atom. The topological polar surface area (TPSA) is 26.8 Å². The first-order valence-electron chi connectivity index (χ1n) is 9.59. The lowest BCUT2D eigenvalue weighted by molar-refractivity contribution is 0.0666. The number of nitrogens with zero attached hydrogens (tertiary/aromatic N) is 3. The Hall–Kier alpha value is -0.910. The van der Waals surface area contributed by atoms with Crippen LogP contribution in [0.25, 0.3) is 0 Å². The molecule has 1 amide bonds. The van der Waals surface area contributed by atoms with E-state index in [-0.39, 0.29) is 5.91 Å². The van der Waals surface area contributed by atoms with Crippen LogP contribution in [-0.2, 0) is 0 Å². The van der Waals surface area contributed by atoms with Crippen LogP contribution in [0.3, 0.4) is 0 Å². The number of rotatable bonds is 4. The van der Waals surface area contributed by atoms with Gasteiger partial charge in [-0.1, -0.05) is 6.07 Å².